The number of benzene rings is 1. The SMILES string of the molecule is CCCC#CCCCCCCCCc1ccccc1. The molecule has 0 saturated carbocycles. The molecular formula is C19H28. The minimum absolute atomic E-state index is 1.07. The van der Waals surface area contributed by atoms with E-state index in [2.05, 4.69) is 49.1 Å². The van der Waals surface area contributed by atoms with Crippen molar-refractivity contribution in [3.63, 3.8) is 0 Å². The number of hydrogen-bond acceptors (Lipinski definition) is 0. The van der Waals surface area contributed by atoms with Crippen LogP contribution in [0.15, 0.2) is 30.3 Å². The van der Waals surface area contributed by atoms with Crippen molar-refractivity contribution in [2.75, 3.05) is 0 Å². The van der Waals surface area contributed by atoms with Gasteiger partial charge in [-0.05, 0) is 31.2 Å². The topological polar surface area (TPSA) is 0 Å². The number of hydrogen-bond donors (Lipinski definition) is 0. The predicted molar refractivity (Wildman–Crippen MR) is 85.1 cm³/mol. The van der Waals surface area contributed by atoms with Gasteiger partial charge in [0.05, 0.1) is 0 Å². The number of unbranched alkanes of at least 4 members (excludes halogenated alkanes) is 7. The molecule has 0 amide bonds. The first-order valence-electron chi connectivity index (χ1n) is 7.93. The van der Waals surface area contributed by atoms with Crippen LogP contribution in [0.5, 0.6) is 0 Å². The molecule has 0 saturated heterocycles. The second-order valence-corrected chi connectivity index (χ2v) is 5.21. The summed E-state index contributed by atoms with van der Waals surface area (Å²) in [6.07, 6.45) is 12.7. The van der Waals surface area contributed by atoms with E-state index in [1.54, 1.807) is 0 Å². The van der Waals surface area contributed by atoms with Gasteiger partial charge in [-0.25, -0.2) is 0 Å². The molecule has 0 aliphatic heterocycles. The lowest BCUT2D eigenvalue weighted by Crippen LogP contribution is -1.85. The van der Waals surface area contributed by atoms with Gasteiger partial charge in [0, 0.05) is 12.8 Å². The van der Waals surface area contributed by atoms with Gasteiger partial charge in [0.2, 0.25) is 0 Å². The quantitative estimate of drug-likeness (QED) is 0.389. The van der Waals surface area contributed by atoms with Crippen molar-refractivity contribution in [2.45, 2.75) is 71.1 Å². The van der Waals surface area contributed by atoms with E-state index < -0.39 is 0 Å². The molecule has 0 N–H and O–H groups in total. The highest BCUT2D eigenvalue weighted by Crippen LogP contribution is 2.10. The fourth-order valence-corrected chi connectivity index (χ4v) is 2.20. The van der Waals surface area contributed by atoms with E-state index >= 15 is 0 Å². The Balaban J connectivity index is 1.85. The molecule has 1 aromatic carbocycles. The van der Waals surface area contributed by atoms with Crippen LogP contribution in [-0.2, 0) is 6.42 Å². The van der Waals surface area contributed by atoms with Crippen molar-refractivity contribution < 1.29 is 0 Å². The highest BCUT2D eigenvalue weighted by atomic mass is 14.0. The van der Waals surface area contributed by atoms with E-state index in [1.165, 1.54) is 56.9 Å². The maximum absolute atomic E-state index is 3.26. The van der Waals surface area contributed by atoms with Crippen molar-refractivity contribution in [2.24, 2.45) is 0 Å². The van der Waals surface area contributed by atoms with Crippen LogP contribution in [0.25, 0.3) is 0 Å². The zero-order valence-corrected chi connectivity index (χ0v) is 12.5. The van der Waals surface area contributed by atoms with Crippen LogP contribution in [-0.4, -0.2) is 0 Å². The fraction of sp³-hybridized carbons (Fsp3) is 0.579. The van der Waals surface area contributed by atoms with Crippen molar-refractivity contribution >= 4 is 0 Å². The molecule has 104 valence electrons. The van der Waals surface area contributed by atoms with E-state index in [9.17, 15) is 0 Å². The van der Waals surface area contributed by atoms with Gasteiger partial charge in [-0.3, -0.25) is 0 Å². The minimum Gasteiger partial charge on any atom is -0.103 e. The summed E-state index contributed by atoms with van der Waals surface area (Å²) in [5.74, 6) is 6.47. The van der Waals surface area contributed by atoms with Gasteiger partial charge in [-0.2, -0.15) is 0 Å². The Bertz CT molecular complexity index is 353. The molecule has 0 aliphatic carbocycles. The lowest BCUT2D eigenvalue weighted by atomic mass is 10.0. The van der Waals surface area contributed by atoms with E-state index in [4.69, 9.17) is 0 Å². The molecule has 0 radical (unpaired) electrons. The number of rotatable bonds is 9. The summed E-state index contributed by atoms with van der Waals surface area (Å²) >= 11 is 0. The maximum atomic E-state index is 3.26. The van der Waals surface area contributed by atoms with Crippen molar-refractivity contribution in [3.8, 4) is 11.8 Å². The fourth-order valence-electron chi connectivity index (χ4n) is 2.20. The molecule has 1 aromatic rings. The summed E-state index contributed by atoms with van der Waals surface area (Å²) in [6.45, 7) is 2.18. The highest BCUT2D eigenvalue weighted by molar-refractivity contribution is 5.14. The second-order valence-electron chi connectivity index (χ2n) is 5.21. The Labute approximate surface area is 119 Å². The number of aryl methyl sites for hydroxylation is 1. The normalized spacial score (nSPS) is 9.95. The van der Waals surface area contributed by atoms with Crippen molar-refractivity contribution in [1.82, 2.24) is 0 Å². The predicted octanol–water partition coefficient (Wildman–Crippen LogP) is 5.76. The van der Waals surface area contributed by atoms with Crippen LogP contribution in [0.2, 0.25) is 0 Å². The average Bonchev–Trinajstić information content (AvgIpc) is 2.46. The Kier molecular flexibility index (Phi) is 9.87. The molecule has 0 nitrogen and oxygen atoms in total. The van der Waals surface area contributed by atoms with Crippen LogP contribution in [0.4, 0.5) is 0 Å². The molecule has 0 unspecified atom stereocenters. The van der Waals surface area contributed by atoms with Gasteiger partial charge in [-0.1, -0.05) is 62.9 Å². The smallest absolute Gasteiger partial charge is 0.00886 e. The Morgan fingerprint density at radius 3 is 2.11 bits per heavy atom. The molecule has 0 aromatic heterocycles. The van der Waals surface area contributed by atoms with Gasteiger partial charge in [-0.15, -0.1) is 11.8 Å². The van der Waals surface area contributed by atoms with Crippen LogP contribution in [0, 0.1) is 11.8 Å². The lowest BCUT2D eigenvalue weighted by molar-refractivity contribution is 0.599. The van der Waals surface area contributed by atoms with Gasteiger partial charge in [0.1, 0.15) is 0 Å². The first-order valence-corrected chi connectivity index (χ1v) is 7.93. The maximum Gasteiger partial charge on any atom is 0.00886 e. The lowest BCUT2D eigenvalue weighted by Gasteiger charge is -2.01. The molecule has 0 atom stereocenters. The summed E-state index contributed by atoms with van der Waals surface area (Å²) in [5.41, 5.74) is 1.48. The summed E-state index contributed by atoms with van der Waals surface area (Å²) in [7, 11) is 0. The van der Waals surface area contributed by atoms with Gasteiger partial charge in [0.25, 0.3) is 0 Å². The van der Waals surface area contributed by atoms with Crippen LogP contribution < -0.4 is 0 Å². The van der Waals surface area contributed by atoms with Gasteiger partial charge >= 0.3 is 0 Å². The molecule has 0 bridgehead atoms. The van der Waals surface area contributed by atoms with E-state index in [-0.39, 0.29) is 0 Å². The first kappa shape index (κ1) is 15.8. The van der Waals surface area contributed by atoms with Crippen LogP contribution in [0.3, 0.4) is 0 Å². The third kappa shape index (κ3) is 9.37. The first-order chi connectivity index (χ1) is 9.43. The molecule has 0 spiro atoms. The van der Waals surface area contributed by atoms with Crippen LogP contribution in [0.1, 0.15) is 70.3 Å². The molecule has 0 fully saturated rings. The van der Waals surface area contributed by atoms with E-state index in [0.29, 0.717) is 0 Å². The zero-order chi connectivity index (χ0) is 13.6. The van der Waals surface area contributed by atoms with E-state index in [0.717, 1.165) is 12.8 Å². The van der Waals surface area contributed by atoms with Crippen molar-refractivity contribution in [1.29, 1.82) is 0 Å². The summed E-state index contributed by atoms with van der Waals surface area (Å²) in [4.78, 5) is 0. The average molecular weight is 256 g/mol. The molecule has 1 rings (SSSR count). The highest BCUT2D eigenvalue weighted by Gasteiger charge is 1.93. The zero-order valence-electron chi connectivity index (χ0n) is 12.5. The molecule has 0 aliphatic rings. The third-order valence-corrected chi connectivity index (χ3v) is 3.36. The van der Waals surface area contributed by atoms with Gasteiger partial charge in [0.15, 0.2) is 0 Å². The summed E-state index contributed by atoms with van der Waals surface area (Å²) < 4.78 is 0. The minimum atomic E-state index is 1.07. The van der Waals surface area contributed by atoms with E-state index in [1.807, 2.05) is 0 Å². The molecule has 19 heavy (non-hydrogen) atoms. The third-order valence-electron chi connectivity index (χ3n) is 3.36. The van der Waals surface area contributed by atoms with Gasteiger partial charge < -0.3 is 0 Å². The molecule has 0 heteroatoms. The monoisotopic (exact) mass is 256 g/mol. The Hall–Kier alpha value is -1.22. The summed E-state index contributed by atoms with van der Waals surface area (Å²) in [5, 5.41) is 0. The Morgan fingerprint density at radius 2 is 1.37 bits per heavy atom. The van der Waals surface area contributed by atoms with Crippen molar-refractivity contribution in [3.05, 3.63) is 35.9 Å². The standard InChI is InChI=1S/C19H28/c1-2-3-4-5-6-7-8-9-10-11-13-16-19-17-14-12-15-18-19/h12,14-15,17-18H,2-3,6-11,13,16H2,1H3. The van der Waals surface area contributed by atoms with Crippen LogP contribution >= 0.6 is 0 Å². The molecular weight excluding hydrogens is 228 g/mol. The second kappa shape index (κ2) is 11.8. The largest absolute Gasteiger partial charge is 0.103 e. The summed E-state index contributed by atoms with van der Waals surface area (Å²) in [6, 6.07) is 10.8. The Morgan fingerprint density at radius 1 is 0.737 bits per heavy atom. The molecule has 0 heterocycles.